The van der Waals surface area contributed by atoms with E-state index < -0.39 is 0 Å². The van der Waals surface area contributed by atoms with Gasteiger partial charge in [0.25, 0.3) is 0 Å². The van der Waals surface area contributed by atoms with E-state index >= 15 is 0 Å². The third-order valence-electron chi connectivity index (χ3n) is 2.02. The lowest BCUT2D eigenvalue weighted by Crippen LogP contribution is -2.26. The van der Waals surface area contributed by atoms with Crippen LogP contribution < -0.4 is 0 Å². The maximum Gasteiger partial charge on any atom is 0.136 e. The van der Waals surface area contributed by atoms with Crippen LogP contribution in [-0.2, 0) is 0 Å². The van der Waals surface area contributed by atoms with Gasteiger partial charge in [-0.1, -0.05) is 65.0 Å². The van der Waals surface area contributed by atoms with Gasteiger partial charge in [0, 0.05) is 17.6 Å². The van der Waals surface area contributed by atoms with Crippen LogP contribution in [0.15, 0.2) is 34.8 Å². The van der Waals surface area contributed by atoms with Crippen molar-refractivity contribution in [2.45, 2.75) is 20.8 Å². The van der Waals surface area contributed by atoms with Gasteiger partial charge in [0.05, 0.1) is 0 Å². The molecule has 0 aliphatic rings. The average molecular weight is 334 g/mol. The molecule has 0 spiro atoms. The quantitative estimate of drug-likeness (QED) is 0.730. The van der Waals surface area contributed by atoms with E-state index in [1.54, 1.807) is 11.8 Å². The molecule has 0 fully saturated rings. The number of nitrogens with zero attached hydrogens (tertiary/aromatic N) is 1. The van der Waals surface area contributed by atoms with Gasteiger partial charge in [0.1, 0.15) is 4.32 Å². The van der Waals surface area contributed by atoms with Gasteiger partial charge in [-0.15, -0.1) is 0 Å². The van der Waals surface area contributed by atoms with Crippen LogP contribution in [0.4, 0.5) is 0 Å². The third-order valence-corrected chi connectivity index (χ3v) is 3.96. The standard InChI is InChI=1S/C7H15NS2.C6H5Br/c1-4-8(5-2)7(9)10-6-3;7-6-4-2-1-3-5-6/h4-6H2,1-3H3;1-5H. The normalized spacial score (nSPS) is 9.18. The van der Waals surface area contributed by atoms with Crippen LogP contribution in [0.2, 0.25) is 0 Å². The minimum Gasteiger partial charge on any atom is -0.358 e. The molecule has 17 heavy (non-hydrogen) atoms. The van der Waals surface area contributed by atoms with E-state index in [1.165, 1.54) is 0 Å². The Labute approximate surface area is 123 Å². The summed E-state index contributed by atoms with van der Waals surface area (Å²) in [6.45, 7) is 8.45. The summed E-state index contributed by atoms with van der Waals surface area (Å²) in [6, 6.07) is 9.97. The highest BCUT2D eigenvalue weighted by Crippen LogP contribution is 2.07. The second kappa shape index (κ2) is 11.1. The molecule has 0 heterocycles. The maximum atomic E-state index is 5.16. The molecule has 0 atom stereocenters. The van der Waals surface area contributed by atoms with Gasteiger partial charge in [-0.3, -0.25) is 0 Å². The SMILES string of the molecule is Brc1ccccc1.CCSC(=S)N(CC)CC. The average Bonchev–Trinajstić information content (AvgIpc) is 2.33. The van der Waals surface area contributed by atoms with E-state index in [1.807, 2.05) is 30.3 Å². The molecule has 0 aliphatic heterocycles. The van der Waals surface area contributed by atoms with Crippen molar-refractivity contribution in [3.63, 3.8) is 0 Å². The zero-order valence-corrected chi connectivity index (χ0v) is 13.9. The third kappa shape index (κ3) is 8.63. The van der Waals surface area contributed by atoms with Gasteiger partial charge in [-0.2, -0.15) is 0 Å². The topological polar surface area (TPSA) is 3.24 Å². The van der Waals surface area contributed by atoms with Crippen molar-refractivity contribution < 1.29 is 0 Å². The number of hydrogen-bond acceptors (Lipinski definition) is 2. The molecule has 0 bridgehead atoms. The summed E-state index contributed by atoms with van der Waals surface area (Å²) in [4.78, 5) is 2.20. The molecule has 1 nitrogen and oxygen atoms in total. The molecule has 1 aromatic rings. The van der Waals surface area contributed by atoms with Crippen molar-refractivity contribution >= 4 is 44.2 Å². The first-order chi connectivity index (χ1) is 8.15. The molecule has 0 saturated heterocycles. The Balaban J connectivity index is 0.000000318. The van der Waals surface area contributed by atoms with Crippen LogP contribution in [0.5, 0.6) is 0 Å². The summed E-state index contributed by atoms with van der Waals surface area (Å²) in [7, 11) is 0. The van der Waals surface area contributed by atoms with Crippen molar-refractivity contribution in [2.24, 2.45) is 0 Å². The second-order valence-electron chi connectivity index (χ2n) is 3.17. The van der Waals surface area contributed by atoms with Crippen LogP contribution in [-0.4, -0.2) is 28.1 Å². The van der Waals surface area contributed by atoms with Crippen LogP contribution in [0.25, 0.3) is 0 Å². The molecule has 0 aromatic heterocycles. The predicted molar refractivity (Wildman–Crippen MR) is 87.8 cm³/mol. The number of halogens is 1. The fourth-order valence-electron chi connectivity index (χ4n) is 1.11. The zero-order chi connectivity index (χ0) is 13.1. The van der Waals surface area contributed by atoms with Crippen LogP contribution in [0, 0.1) is 0 Å². The Bertz CT molecular complexity index is 300. The molecule has 0 saturated carbocycles. The molecule has 0 unspecified atom stereocenters. The first-order valence-corrected chi connectivity index (χ1v) is 7.96. The van der Waals surface area contributed by atoms with Crippen LogP contribution in [0.1, 0.15) is 20.8 Å². The highest BCUT2D eigenvalue weighted by molar-refractivity contribution is 9.10. The number of thioether (sulfide) groups is 1. The first-order valence-electron chi connectivity index (χ1n) is 5.77. The lowest BCUT2D eigenvalue weighted by atomic mass is 10.4. The van der Waals surface area contributed by atoms with E-state index in [9.17, 15) is 0 Å². The van der Waals surface area contributed by atoms with Crippen LogP contribution in [0.3, 0.4) is 0 Å². The number of rotatable bonds is 3. The lowest BCUT2D eigenvalue weighted by Gasteiger charge is -2.20. The van der Waals surface area contributed by atoms with Crippen LogP contribution >= 0.6 is 39.9 Å². The Hall–Kier alpha value is -0.0600. The highest BCUT2D eigenvalue weighted by Gasteiger charge is 2.02. The monoisotopic (exact) mass is 333 g/mol. The molecule has 0 aliphatic carbocycles. The molecule has 0 amide bonds. The minimum absolute atomic E-state index is 1.03. The van der Waals surface area contributed by atoms with Gasteiger partial charge in [0.15, 0.2) is 0 Å². The van der Waals surface area contributed by atoms with Gasteiger partial charge >= 0.3 is 0 Å². The fourth-order valence-corrected chi connectivity index (χ4v) is 2.72. The summed E-state index contributed by atoms with van der Waals surface area (Å²) in [5, 5.41) is 0. The van der Waals surface area contributed by atoms with Crippen molar-refractivity contribution in [3.05, 3.63) is 34.8 Å². The smallest absolute Gasteiger partial charge is 0.136 e. The molecule has 96 valence electrons. The van der Waals surface area contributed by atoms with Crippen molar-refractivity contribution in [2.75, 3.05) is 18.8 Å². The van der Waals surface area contributed by atoms with Gasteiger partial charge in [-0.25, -0.2) is 0 Å². The van der Waals surface area contributed by atoms with Crippen molar-refractivity contribution in [1.82, 2.24) is 4.90 Å². The maximum absolute atomic E-state index is 5.16. The van der Waals surface area contributed by atoms with Gasteiger partial charge in [0.2, 0.25) is 0 Å². The number of hydrogen-bond donors (Lipinski definition) is 0. The molecule has 1 rings (SSSR count). The molecule has 4 heteroatoms. The molecule has 1 aromatic carbocycles. The van der Waals surface area contributed by atoms with E-state index in [4.69, 9.17) is 12.2 Å². The molecular formula is C13H20BrNS2. The lowest BCUT2D eigenvalue weighted by molar-refractivity contribution is 0.482. The summed E-state index contributed by atoms with van der Waals surface area (Å²) in [5.74, 6) is 1.08. The first kappa shape index (κ1) is 16.9. The van der Waals surface area contributed by atoms with E-state index in [2.05, 4.69) is 41.6 Å². The number of benzene rings is 1. The molecule has 0 radical (unpaired) electrons. The van der Waals surface area contributed by atoms with Crippen molar-refractivity contribution in [1.29, 1.82) is 0 Å². The molecular weight excluding hydrogens is 314 g/mol. The fraction of sp³-hybridized carbons (Fsp3) is 0.462. The van der Waals surface area contributed by atoms with E-state index in [0.29, 0.717) is 0 Å². The van der Waals surface area contributed by atoms with E-state index in [-0.39, 0.29) is 0 Å². The Morgan fingerprint density at radius 2 is 1.71 bits per heavy atom. The largest absolute Gasteiger partial charge is 0.358 e. The number of thiocarbonyl (C=S) groups is 1. The zero-order valence-electron chi connectivity index (χ0n) is 10.6. The Kier molecular flexibility index (Phi) is 11.0. The van der Waals surface area contributed by atoms with E-state index in [0.717, 1.165) is 27.6 Å². The summed E-state index contributed by atoms with van der Waals surface area (Å²) in [6.07, 6.45) is 0. The molecule has 0 N–H and O–H groups in total. The summed E-state index contributed by atoms with van der Waals surface area (Å²) >= 11 is 10.2. The minimum atomic E-state index is 1.03. The van der Waals surface area contributed by atoms with Gasteiger partial charge < -0.3 is 4.90 Å². The summed E-state index contributed by atoms with van der Waals surface area (Å²) in [5.41, 5.74) is 0. The Morgan fingerprint density at radius 3 is 2.00 bits per heavy atom. The second-order valence-corrected chi connectivity index (χ2v) is 5.98. The van der Waals surface area contributed by atoms with Crippen molar-refractivity contribution in [3.8, 4) is 0 Å². The Morgan fingerprint density at radius 1 is 1.18 bits per heavy atom. The highest BCUT2D eigenvalue weighted by atomic mass is 79.9. The predicted octanol–water partition coefficient (Wildman–Crippen LogP) is 4.82. The van der Waals surface area contributed by atoms with Gasteiger partial charge in [-0.05, 0) is 31.7 Å². The summed E-state index contributed by atoms with van der Waals surface area (Å²) < 4.78 is 2.17.